The number of hydrogen-bond acceptors (Lipinski definition) is 7. The molecule has 0 aliphatic carbocycles. The lowest BCUT2D eigenvalue weighted by Crippen LogP contribution is -2.27. The Balaban J connectivity index is 1.55. The maximum absolute atomic E-state index is 13.1. The normalized spacial score (nSPS) is 14.5. The second-order valence-electron chi connectivity index (χ2n) is 7.23. The minimum Gasteiger partial charge on any atom is -0.493 e. The van der Waals surface area contributed by atoms with Crippen molar-refractivity contribution in [2.45, 2.75) is 6.61 Å². The van der Waals surface area contributed by atoms with E-state index in [-0.39, 0.29) is 18.2 Å². The van der Waals surface area contributed by atoms with Gasteiger partial charge in [-0.05, 0) is 59.7 Å². The van der Waals surface area contributed by atoms with Crippen molar-refractivity contribution in [3.05, 3.63) is 96.3 Å². The number of nitro benzene ring substituents is 1. The lowest BCUT2D eigenvalue weighted by atomic mass is 10.1. The first-order valence-corrected chi connectivity index (χ1v) is 12.4. The largest absolute Gasteiger partial charge is 0.493 e. The van der Waals surface area contributed by atoms with E-state index in [1.165, 1.54) is 35.9 Å². The molecule has 4 rings (SSSR count). The van der Waals surface area contributed by atoms with Crippen LogP contribution >= 0.6 is 51.5 Å². The number of non-ortho nitro benzene ring substituents is 1. The van der Waals surface area contributed by atoms with Crippen LogP contribution in [-0.4, -0.2) is 22.3 Å². The van der Waals surface area contributed by atoms with Gasteiger partial charge >= 0.3 is 0 Å². The fourth-order valence-corrected chi connectivity index (χ4v) is 5.17. The Bertz CT molecular complexity index is 1360. The number of benzene rings is 3. The van der Waals surface area contributed by atoms with Crippen LogP contribution in [0.1, 0.15) is 11.1 Å². The average molecular weight is 592 g/mol. The van der Waals surface area contributed by atoms with Crippen molar-refractivity contribution >= 4 is 79.2 Å². The highest BCUT2D eigenvalue weighted by molar-refractivity contribution is 9.10. The molecule has 0 bridgehead atoms. The first-order valence-electron chi connectivity index (χ1n) is 10.0. The van der Waals surface area contributed by atoms with E-state index in [0.717, 1.165) is 5.56 Å². The van der Waals surface area contributed by atoms with E-state index in [1.54, 1.807) is 54.6 Å². The minimum atomic E-state index is -0.452. The number of anilines is 1. The van der Waals surface area contributed by atoms with Crippen LogP contribution in [-0.2, 0) is 11.4 Å². The molecule has 1 fully saturated rings. The van der Waals surface area contributed by atoms with Gasteiger partial charge in [0.15, 0.2) is 15.8 Å². The van der Waals surface area contributed by atoms with E-state index in [0.29, 0.717) is 41.5 Å². The molecule has 178 valence electrons. The molecule has 0 N–H and O–H groups in total. The Labute approximate surface area is 223 Å². The molecule has 0 aromatic heterocycles. The first kappa shape index (κ1) is 25.2. The van der Waals surface area contributed by atoms with Crippen molar-refractivity contribution in [2.24, 2.45) is 0 Å². The predicted molar refractivity (Wildman–Crippen MR) is 145 cm³/mol. The highest BCUT2D eigenvalue weighted by Gasteiger charge is 2.33. The van der Waals surface area contributed by atoms with Crippen LogP contribution < -0.4 is 14.4 Å². The lowest BCUT2D eigenvalue weighted by Gasteiger charge is -2.14. The van der Waals surface area contributed by atoms with E-state index < -0.39 is 4.92 Å². The summed E-state index contributed by atoms with van der Waals surface area (Å²) < 4.78 is 12.5. The molecule has 35 heavy (non-hydrogen) atoms. The number of ether oxygens (including phenoxy) is 2. The number of carbonyl (C=O) groups excluding carboxylic acids is 1. The number of methoxy groups -OCH3 is 1. The molecule has 1 aliphatic heterocycles. The molecular formula is C24H16BrClN2O5S2. The minimum absolute atomic E-state index is 0.0132. The molecule has 7 nitrogen and oxygen atoms in total. The van der Waals surface area contributed by atoms with E-state index in [1.807, 2.05) is 0 Å². The number of carbonyl (C=O) groups is 1. The van der Waals surface area contributed by atoms with Gasteiger partial charge in [-0.1, -0.05) is 57.6 Å². The van der Waals surface area contributed by atoms with Gasteiger partial charge in [0.05, 0.1) is 22.6 Å². The van der Waals surface area contributed by atoms with Crippen LogP contribution in [0.15, 0.2) is 70.0 Å². The Morgan fingerprint density at radius 3 is 2.57 bits per heavy atom. The number of thioether (sulfide) groups is 1. The topological polar surface area (TPSA) is 81.9 Å². The zero-order valence-corrected chi connectivity index (χ0v) is 22.0. The van der Waals surface area contributed by atoms with Gasteiger partial charge in [0, 0.05) is 21.6 Å². The maximum Gasteiger partial charge on any atom is 0.270 e. The Hall–Kier alpha value is -2.92. The quantitative estimate of drug-likeness (QED) is 0.127. The van der Waals surface area contributed by atoms with Crippen LogP contribution in [0.4, 0.5) is 11.4 Å². The van der Waals surface area contributed by atoms with E-state index >= 15 is 0 Å². The molecule has 0 atom stereocenters. The maximum atomic E-state index is 13.1. The molecule has 0 radical (unpaired) electrons. The second-order valence-corrected chi connectivity index (χ2v) is 10.2. The third-order valence-electron chi connectivity index (χ3n) is 4.97. The molecule has 0 saturated carbocycles. The molecule has 0 spiro atoms. The number of nitrogens with zero attached hydrogens (tertiary/aromatic N) is 2. The van der Waals surface area contributed by atoms with Gasteiger partial charge in [0.2, 0.25) is 0 Å². The van der Waals surface area contributed by atoms with Crippen molar-refractivity contribution in [3.63, 3.8) is 0 Å². The fourth-order valence-electron chi connectivity index (χ4n) is 3.26. The molecule has 1 saturated heterocycles. The molecule has 3 aromatic carbocycles. The van der Waals surface area contributed by atoms with Gasteiger partial charge in [-0.2, -0.15) is 0 Å². The van der Waals surface area contributed by atoms with Gasteiger partial charge in [0.1, 0.15) is 6.61 Å². The van der Waals surface area contributed by atoms with Crippen LogP contribution in [0.5, 0.6) is 11.5 Å². The summed E-state index contributed by atoms with van der Waals surface area (Å²) in [7, 11) is 1.52. The number of thiocarbonyl (C=S) groups is 1. The van der Waals surface area contributed by atoms with Crippen LogP contribution in [0.25, 0.3) is 6.08 Å². The lowest BCUT2D eigenvalue weighted by molar-refractivity contribution is -0.384. The van der Waals surface area contributed by atoms with E-state index in [9.17, 15) is 14.9 Å². The van der Waals surface area contributed by atoms with Gasteiger partial charge < -0.3 is 9.47 Å². The van der Waals surface area contributed by atoms with Gasteiger partial charge in [-0.15, -0.1) is 0 Å². The van der Waals surface area contributed by atoms with E-state index in [4.69, 9.17) is 33.3 Å². The van der Waals surface area contributed by atoms with E-state index in [2.05, 4.69) is 15.9 Å². The zero-order valence-electron chi connectivity index (χ0n) is 18.1. The van der Waals surface area contributed by atoms with Crippen molar-refractivity contribution in [2.75, 3.05) is 12.0 Å². The monoisotopic (exact) mass is 590 g/mol. The Morgan fingerprint density at radius 1 is 1.17 bits per heavy atom. The molecule has 1 amide bonds. The summed E-state index contributed by atoms with van der Waals surface area (Å²) in [6.07, 6.45) is 1.73. The molecule has 1 heterocycles. The SMILES string of the molecule is COc1cc(/C=C2\SC(=S)N(c3cccc(Cl)c3)C2=O)c(Br)cc1OCc1ccc([N+](=O)[O-])cc1. The molecule has 1 aliphatic rings. The van der Waals surface area contributed by atoms with Crippen molar-refractivity contribution in [3.8, 4) is 11.5 Å². The Kier molecular flexibility index (Phi) is 7.75. The zero-order chi connectivity index (χ0) is 25.1. The third kappa shape index (κ3) is 5.67. The molecule has 11 heteroatoms. The Morgan fingerprint density at radius 2 is 1.91 bits per heavy atom. The summed E-state index contributed by atoms with van der Waals surface area (Å²) in [5.41, 5.74) is 2.09. The van der Waals surface area contributed by atoms with Crippen molar-refractivity contribution < 1.29 is 19.2 Å². The average Bonchev–Trinajstić information content (AvgIpc) is 3.11. The molecule has 0 unspecified atom stereocenters. The van der Waals surface area contributed by atoms with Gasteiger partial charge in [0.25, 0.3) is 11.6 Å². The van der Waals surface area contributed by atoms with Crippen LogP contribution in [0.3, 0.4) is 0 Å². The van der Waals surface area contributed by atoms with Gasteiger partial charge in [-0.3, -0.25) is 19.8 Å². The first-order chi connectivity index (χ1) is 16.8. The summed E-state index contributed by atoms with van der Waals surface area (Å²) in [4.78, 5) is 25.4. The number of amides is 1. The van der Waals surface area contributed by atoms with Gasteiger partial charge in [-0.25, -0.2) is 0 Å². The summed E-state index contributed by atoms with van der Waals surface area (Å²) in [6, 6.07) is 16.6. The highest BCUT2D eigenvalue weighted by atomic mass is 79.9. The van der Waals surface area contributed by atoms with Crippen LogP contribution in [0, 0.1) is 10.1 Å². The number of nitro groups is 1. The molecular weight excluding hydrogens is 576 g/mol. The smallest absolute Gasteiger partial charge is 0.270 e. The summed E-state index contributed by atoms with van der Waals surface area (Å²) in [5, 5.41) is 11.3. The fraction of sp³-hybridized carbons (Fsp3) is 0.0833. The predicted octanol–water partition coefficient (Wildman–Crippen LogP) is 7.00. The standard InChI is InChI=1S/C24H16BrClN2O5S2/c1-32-20-9-15(10-22-23(29)27(24(34)35-22)18-4-2-3-16(26)11-18)19(25)12-21(20)33-13-14-5-7-17(8-6-14)28(30)31/h2-12H,13H2,1H3/b22-10-. The second kappa shape index (κ2) is 10.8. The van der Waals surface area contributed by atoms with Crippen molar-refractivity contribution in [1.29, 1.82) is 0 Å². The highest BCUT2D eigenvalue weighted by Crippen LogP contribution is 2.40. The summed E-state index contributed by atoms with van der Waals surface area (Å²) in [6.45, 7) is 0.193. The third-order valence-corrected chi connectivity index (χ3v) is 7.20. The summed E-state index contributed by atoms with van der Waals surface area (Å²) in [5.74, 6) is 0.694. The van der Waals surface area contributed by atoms with Crippen molar-refractivity contribution in [1.82, 2.24) is 0 Å². The molecule has 3 aromatic rings. The van der Waals surface area contributed by atoms with Crippen LogP contribution in [0.2, 0.25) is 5.02 Å². The number of hydrogen-bond donors (Lipinski definition) is 0. The summed E-state index contributed by atoms with van der Waals surface area (Å²) >= 11 is 16.2. The number of rotatable bonds is 7. The number of halogens is 2.